The predicted octanol–water partition coefficient (Wildman–Crippen LogP) is 1.91. The monoisotopic (exact) mass is 319 g/mol. The summed E-state index contributed by atoms with van der Waals surface area (Å²) in [6, 6.07) is 9.64. The van der Waals surface area contributed by atoms with E-state index in [1.807, 2.05) is 35.2 Å². The van der Waals surface area contributed by atoms with Gasteiger partial charge >= 0.3 is 0 Å². The van der Waals surface area contributed by atoms with Crippen LogP contribution in [-0.4, -0.2) is 33.6 Å². The standard InChI is InChI=1S/C16H18ClN3O2/c1-16(22)7-8-19(11-16)13-9-18-20(15(21)14(13)17)10-12-5-3-2-4-6-12/h2-6,9,22H,7-8,10-11H2,1H3. The van der Waals surface area contributed by atoms with E-state index in [9.17, 15) is 9.90 Å². The van der Waals surface area contributed by atoms with Gasteiger partial charge in [-0.2, -0.15) is 5.10 Å². The smallest absolute Gasteiger partial charge is 0.287 e. The Morgan fingerprint density at radius 3 is 2.73 bits per heavy atom. The molecule has 0 aliphatic carbocycles. The Balaban J connectivity index is 1.88. The first-order valence-electron chi connectivity index (χ1n) is 7.23. The first-order chi connectivity index (χ1) is 10.5. The van der Waals surface area contributed by atoms with Crippen LogP contribution in [-0.2, 0) is 6.54 Å². The lowest BCUT2D eigenvalue weighted by atomic mass is 10.1. The van der Waals surface area contributed by atoms with Gasteiger partial charge in [-0.1, -0.05) is 41.9 Å². The lowest BCUT2D eigenvalue weighted by molar-refractivity contribution is 0.0839. The molecule has 1 N–H and O–H groups in total. The fourth-order valence-corrected chi connectivity index (χ4v) is 2.96. The topological polar surface area (TPSA) is 58.4 Å². The first kappa shape index (κ1) is 15.1. The van der Waals surface area contributed by atoms with Gasteiger partial charge in [0, 0.05) is 13.1 Å². The summed E-state index contributed by atoms with van der Waals surface area (Å²) >= 11 is 6.24. The van der Waals surface area contributed by atoms with Gasteiger partial charge in [0.15, 0.2) is 0 Å². The third kappa shape index (κ3) is 3.00. The van der Waals surface area contributed by atoms with E-state index in [1.165, 1.54) is 4.68 Å². The molecular formula is C16H18ClN3O2. The van der Waals surface area contributed by atoms with Gasteiger partial charge < -0.3 is 10.0 Å². The molecule has 116 valence electrons. The van der Waals surface area contributed by atoms with Crippen molar-refractivity contribution >= 4 is 17.3 Å². The van der Waals surface area contributed by atoms with Crippen LogP contribution in [0.5, 0.6) is 0 Å². The molecule has 6 heteroatoms. The van der Waals surface area contributed by atoms with Crippen LogP contribution in [0, 0.1) is 0 Å². The summed E-state index contributed by atoms with van der Waals surface area (Å²) in [6.45, 7) is 3.29. The van der Waals surface area contributed by atoms with Crippen molar-refractivity contribution < 1.29 is 5.11 Å². The van der Waals surface area contributed by atoms with Gasteiger partial charge in [0.2, 0.25) is 0 Å². The van der Waals surface area contributed by atoms with Crippen molar-refractivity contribution in [2.45, 2.75) is 25.5 Å². The highest BCUT2D eigenvalue weighted by Crippen LogP contribution is 2.29. The Morgan fingerprint density at radius 2 is 2.09 bits per heavy atom. The number of aromatic nitrogens is 2. The highest BCUT2D eigenvalue weighted by molar-refractivity contribution is 6.33. The fourth-order valence-electron chi connectivity index (χ4n) is 2.70. The number of rotatable bonds is 3. The second-order valence-corrected chi connectivity index (χ2v) is 6.34. The molecule has 0 radical (unpaired) electrons. The molecule has 1 unspecified atom stereocenters. The average Bonchev–Trinajstić information content (AvgIpc) is 2.85. The van der Waals surface area contributed by atoms with Crippen molar-refractivity contribution in [3.63, 3.8) is 0 Å². The van der Waals surface area contributed by atoms with Crippen molar-refractivity contribution in [2.75, 3.05) is 18.0 Å². The molecular weight excluding hydrogens is 302 g/mol. The van der Waals surface area contributed by atoms with Gasteiger partial charge in [0.25, 0.3) is 5.56 Å². The lowest BCUT2D eigenvalue weighted by Gasteiger charge is -2.21. The SMILES string of the molecule is CC1(O)CCN(c2cnn(Cc3ccccc3)c(=O)c2Cl)C1. The van der Waals surface area contributed by atoms with Crippen molar-refractivity contribution in [1.82, 2.24) is 9.78 Å². The van der Waals surface area contributed by atoms with Crippen molar-refractivity contribution in [3.8, 4) is 0 Å². The molecule has 0 amide bonds. The van der Waals surface area contributed by atoms with Crippen LogP contribution < -0.4 is 10.5 Å². The van der Waals surface area contributed by atoms with Gasteiger partial charge in [-0.25, -0.2) is 4.68 Å². The zero-order valence-corrected chi connectivity index (χ0v) is 13.1. The van der Waals surface area contributed by atoms with Crippen LogP contribution in [0.15, 0.2) is 41.3 Å². The summed E-state index contributed by atoms with van der Waals surface area (Å²) in [5.74, 6) is 0. The molecule has 1 fully saturated rings. The lowest BCUT2D eigenvalue weighted by Crippen LogP contribution is -2.32. The summed E-state index contributed by atoms with van der Waals surface area (Å²) in [5, 5.41) is 14.4. The third-order valence-electron chi connectivity index (χ3n) is 3.93. The van der Waals surface area contributed by atoms with Crippen LogP contribution in [0.3, 0.4) is 0 Å². The maximum Gasteiger partial charge on any atom is 0.287 e. The van der Waals surface area contributed by atoms with Crippen LogP contribution in [0.2, 0.25) is 5.02 Å². The summed E-state index contributed by atoms with van der Waals surface area (Å²) < 4.78 is 1.36. The molecule has 1 aliphatic rings. The number of benzene rings is 1. The largest absolute Gasteiger partial charge is 0.388 e. The van der Waals surface area contributed by atoms with E-state index >= 15 is 0 Å². The number of aliphatic hydroxyl groups is 1. The third-order valence-corrected chi connectivity index (χ3v) is 4.29. The molecule has 0 spiro atoms. The zero-order valence-electron chi connectivity index (χ0n) is 12.4. The van der Waals surface area contributed by atoms with E-state index in [-0.39, 0.29) is 10.6 Å². The molecule has 1 atom stereocenters. The van der Waals surface area contributed by atoms with Crippen molar-refractivity contribution in [1.29, 1.82) is 0 Å². The predicted molar refractivity (Wildman–Crippen MR) is 86.5 cm³/mol. The van der Waals surface area contributed by atoms with Crippen molar-refractivity contribution in [2.24, 2.45) is 0 Å². The normalized spacial score (nSPS) is 21.3. The number of halogens is 1. The highest BCUT2D eigenvalue weighted by Gasteiger charge is 2.33. The van der Waals surface area contributed by atoms with Gasteiger partial charge in [-0.3, -0.25) is 4.79 Å². The number of anilines is 1. The zero-order chi connectivity index (χ0) is 15.7. The molecule has 1 aliphatic heterocycles. The van der Waals surface area contributed by atoms with E-state index in [4.69, 9.17) is 11.6 Å². The Kier molecular flexibility index (Phi) is 3.93. The van der Waals surface area contributed by atoms with Crippen LogP contribution >= 0.6 is 11.6 Å². The minimum absolute atomic E-state index is 0.156. The minimum atomic E-state index is -0.748. The molecule has 2 heterocycles. The van der Waals surface area contributed by atoms with Gasteiger partial charge in [0.05, 0.1) is 24.0 Å². The van der Waals surface area contributed by atoms with Gasteiger partial charge in [-0.15, -0.1) is 0 Å². The van der Waals surface area contributed by atoms with Crippen LogP contribution in [0.4, 0.5) is 5.69 Å². The Bertz CT molecular complexity index is 728. The Hall–Kier alpha value is -1.85. The number of nitrogens with zero attached hydrogens (tertiary/aromatic N) is 3. The van der Waals surface area contributed by atoms with Crippen molar-refractivity contribution in [3.05, 3.63) is 57.5 Å². The summed E-state index contributed by atoms with van der Waals surface area (Å²) in [5.41, 5.74) is 0.524. The summed E-state index contributed by atoms with van der Waals surface area (Å²) in [6.07, 6.45) is 2.25. The molecule has 5 nitrogen and oxygen atoms in total. The number of hydrogen-bond donors (Lipinski definition) is 1. The summed E-state index contributed by atoms with van der Waals surface area (Å²) in [4.78, 5) is 14.3. The fraction of sp³-hybridized carbons (Fsp3) is 0.375. The quantitative estimate of drug-likeness (QED) is 0.939. The van der Waals surface area contributed by atoms with Crippen LogP contribution in [0.1, 0.15) is 18.9 Å². The van der Waals surface area contributed by atoms with Gasteiger partial charge in [-0.05, 0) is 18.9 Å². The van der Waals surface area contributed by atoms with E-state index in [1.54, 1.807) is 13.1 Å². The minimum Gasteiger partial charge on any atom is -0.388 e. The van der Waals surface area contributed by atoms with Crippen LogP contribution in [0.25, 0.3) is 0 Å². The molecule has 1 aromatic heterocycles. The molecule has 0 bridgehead atoms. The summed E-state index contributed by atoms with van der Waals surface area (Å²) in [7, 11) is 0. The average molecular weight is 320 g/mol. The van der Waals surface area contributed by atoms with E-state index in [0.717, 1.165) is 5.56 Å². The number of β-amino-alcohol motifs (C(OH)–C–C–N with tert-alkyl or cyclic N) is 1. The number of hydrogen-bond acceptors (Lipinski definition) is 4. The van der Waals surface area contributed by atoms with E-state index < -0.39 is 5.60 Å². The second-order valence-electron chi connectivity index (χ2n) is 5.96. The Morgan fingerprint density at radius 1 is 1.36 bits per heavy atom. The maximum absolute atomic E-state index is 12.4. The first-order valence-corrected chi connectivity index (χ1v) is 7.61. The molecule has 22 heavy (non-hydrogen) atoms. The Labute approximate surface area is 133 Å². The molecule has 0 saturated carbocycles. The molecule has 2 aromatic rings. The molecule has 1 saturated heterocycles. The molecule has 3 rings (SSSR count). The molecule has 1 aromatic carbocycles. The van der Waals surface area contributed by atoms with Gasteiger partial charge in [0.1, 0.15) is 5.02 Å². The highest BCUT2D eigenvalue weighted by atomic mass is 35.5. The second kappa shape index (κ2) is 5.74. The van der Waals surface area contributed by atoms with E-state index in [0.29, 0.717) is 31.7 Å². The van der Waals surface area contributed by atoms with E-state index in [2.05, 4.69) is 5.10 Å². The maximum atomic E-state index is 12.4.